The van der Waals surface area contributed by atoms with Crippen molar-refractivity contribution in [3.63, 3.8) is 0 Å². The highest BCUT2D eigenvalue weighted by Gasteiger charge is 2.23. The van der Waals surface area contributed by atoms with E-state index in [1.54, 1.807) is 18.2 Å². The number of piperidine rings is 1. The second-order valence-corrected chi connectivity index (χ2v) is 6.34. The van der Waals surface area contributed by atoms with Gasteiger partial charge in [0.15, 0.2) is 0 Å². The lowest BCUT2D eigenvalue weighted by Gasteiger charge is -2.26. The van der Waals surface area contributed by atoms with Crippen LogP contribution in [0.2, 0.25) is 0 Å². The largest absolute Gasteiger partial charge is 0.301 e. The van der Waals surface area contributed by atoms with E-state index in [2.05, 4.69) is 4.72 Å². The van der Waals surface area contributed by atoms with E-state index in [0.29, 0.717) is 24.7 Å². The van der Waals surface area contributed by atoms with Gasteiger partial charge in [0.2, 0.25) is 0 Å². The molecule has 0 amide bonds. The van der Waals surface area contributed by atoms with E-state index in [1.807, 2.05) is 6.07 Å². The smallest absolute Gasteiger partial charge is 0.271 e. The lowest BCUT2D eigenvalue weighted by molar-refractivity contribution is 0.349. The molecule has 100 valence electrons. The Morgan fingerprint density at radius 1 is 1.22 bits per heavy atom. The van der Waals surface area contributed by atoms with E-state index in [9.17, 15) is 8.42 Å². The maximum atomic E-state index is 12.1. The highest BCUT2D eigenvalue weighted by molar-refractivity contribution is 7.90. The molecule has 18 heavy (non-hydrogen) atoms. The zero-order chi connectivity index (χ0) is 13.0. The van der Waals surface area contributed by atoms with Gasteiger partial charge < -0.3 is 0 Å². The molecule has 1 saturated heterocycles. The lowest BCUT2D eigenvalue weighted by Crippen LogP contribution is -2.39. The van der Waals surface area contributed by atoms with Crippen LogP contribution in [0.25, 0.3) is 0 Å². The minimum absolute atomic E-state index is 0.374. The first kappa shape index (κ1) is 13.6. The summed E-state index contributed by atoms with van der Waals surface area (Å²) in [6, 6.07) is 7.16. The minimum Gasteiger partial charge on any atom is -0.271 e. The van der Waals surface area contributed by atoms with Gasteiger partial charge in [0.1, 0.15) is 0 Å². The molecule has 1 fully saturated rings. The zero-order valence-corrected chi connectivity index (χ0v) is 11.7. The molecule has 4 nitrogen and oxygen atoms in total. The minimum atomic E-state index is -3.42. The predicted molar refractivity (Wildman–Crippen MR) is 74.0 cm³/mol. The van der Waals surface area contributed by atoms with Gasteiger partial charge in [-0.2, -0.15) is 12.7 Å². The topological polar surface area (TPSA) is 49.4 Å². The number of benzene rings is 1. The van der Waals surface area contributed by atoms with E-state index in [4.69, 9.17) is 11.6 Å². The van der Waals surface area contributed by atoms with Gasteiger partial charge in [-0.15, -0.1) is 11.6 Å². The third-order valence-electron chi connectivity index (χ3n) is 2.98. The number of halogens is 1. The molecule has 1 aromatic rings. The summed E-state index contributed by atoms with van der Waals surface area (Å²) in [4.78, 5) is 0. The number of hydrogen-bond acceptors (Lipinski definition) is 2. The maximum Gasteiger partial charge on any atom is 0.301 e. The SMILES string of the molecule is O=S(=O)(Nc1cccc(CCl)c1)N1CCCCC1. The van der Waals surface area contributed by atoms with Gasteiger partial charge in [-0.25, -0.2) is 0 Å². The average Bonchev–Trinajstić information content (AvgIpc) is 2.39. The van der Waals surface area contributed by atoms with Gasteiger partial charge in [0.05, 0.1) is 5.69 Å². The summed E-state index contributed by atoms with van der Waals surface area (Å²) in [5.41, 5.74) is 1.47. The van der Waals surface area contributed by atoms with Crippen molar-refractivity contribution in [2.45, 2.75) is 25.1 Å². The Hall–Kier alpha value is -0.780. The van der Waals surface area contributed by atoms with Crippen molar-refractivity contribution in [2.75, 3.05) is 17.8 Å². The van der Waals surface area contributed by atoms with Crippen LogP contribution in [0.4, 0.5) is 5.69 Å². The summed E-state index contributed by atoms with van der Waals surface area (Å²) < 4.78 is 28.4. The van der Waals surface area contributed by atoms with Gasteiger partial charge >= 0.3 is 10.2 Å². The number of nitrogens with zero attached hydrogens (tertiary/aromatic N) is 1. The van der Waals surface area contributed by atoms with Crippen LogP contribution in [0.3, 0.4) is 0 Å². The van der Waals surface area contributed by atoms with Gasteiger partial charge in [-0.3, -0.25) is 4.72 Å². The summed E-state index contributed by atoms with van der Waals surface area (Å²) in [7, 11) is -3.42. The normalized spacial score (nSPS) is 17.6. The summed E-state index contributed by atoms with van der Waals surface area (Å²) in [5, 5.41) is 0. The zero-order valence-electron chi connectivity index (χ0n) is 10.1. The van der Waals surface area contributed by atoms with Crippen LogP contribution in [0.5, 0.6) is 0 Å². The van der Waals surface area contributed by atoms with Crippen molar-refractivity contribution in [3.05, 3.63) is 29.8 Å². The molecule has 0 atom stereocenters. The Bertz CT molecular complexity index is 499. The van der Waals surface area contributed by atoms with Crippen molar-refractivity contribution in [1.82, 2.24) is 4.31 Å². The summed E-state index contributed by atoms with van der Waals surface area (Å²) in [6.45, 7) is 1.20. The quantitative estimate of drug-likeness (QED) is 0.866. The van der Waals surface area contributed by atoms with Crippen molar-refractivity contribution >= 4 is 27.5 Å². The summed E-state index contributed by atoms with van der Waals surface area (Å²) >= 11 is 5.73. The maximum absolute atomic E-state index is 12.1. The highest BCUT2D eigenvalue weighted by atomic mass is 35.5. The Morgan fingerprint density at radius 2 is 1.94 bits per heavy atom. The first-order chi connectivity index (χ1) is 8.62. The van der Waals surface area contributed by atoms with E-state index in [-0.39, 0.29) is 0 Å². The Balaban J connectivity index is 2.11. The van der Waals surface area contributed by atoms with Crippen LogP contribution >= 0.6 is 11.6 Å². The van der Waals surface area contributed by atoms with Crippen LogP contribution < -0.4 is 4.72 Å². The van der Waals surface area contributed by atoms with Crippen molar-refractivity contribution in [2.24, 2.45) is 0 Å². The second kappa shape index (κ2) is 5.91. The molecule has 0 unspecified atom stereocenters. The average molecular weight is 289 g/mol. The van der Waals surface area contributed by atoms with E-state index >= 15 is 0 Å². The number of alkyl halides is 1. The molecule has 1 aromatic carbocycles. The van der Waals surface area contributed by atoms with Crippen LogP contribution in [0.15, 0.2) is 24.3 Å². The molecule has 0 aliphatic carbocycles. The molecule has 1 aliphatic rings. The standard InChI is InChI=1S/C12H17ClN2O2S/c13-10-11-5-4-6-12(9-11)14-18(16,17)15-7-2-1-3-8-15/h4-6,9,14H,1-3,7-8,10H2. The molecule has 1 aliphatic heterocycles. The van der Waals surface area contributed by atoms with Gasteiger partial charge in [-0.05, 0) is 30.5 Å². The van der Waals surface area contributed by atoms with Crippen LogP contribution in [-0.2, 0) is 16.1 Å². The van der Waals surface area contributed by atoms with Crippen LogP contribution in [0, 0.1) is 0 Å². The molecule has 2 rings (SSSR count). The molecule has 6 heteroatoms. The van der Waals surface area contributed by atoms with Gasteiger partial charge in [0, 0.05) is 19.0 Å². The van der Waals surface area contributed by atoms with Crippen molar-refractivity contribution < 1.29 is 8.42 Å². The highest BCUT2D eigenvalue weighted by Crippen LogP contribution is 2.18. The number of nitrogens with one attached hydrogen (secondary N) is 1. The van der Waals surface area contributed by atoms with E-state index in [0.717, 1.165) is 24.8 Å². The Morgan fingerprint density at radius 3 is 2.61 bits per heavy atom. The molecule has 0 saturated carbocycles. The van der Waals surface area contributed by atoms with Crippen molar-refractivity contribution in [3.8, 4) is 0 Å². The van der Waals surface area contributed by atoms with E-state index in [1.165, 1.54) is 4.31 Å². The third-order valence-corrected chi connectivity index (χ3v) is 4.83. The number of anilines is 1. The fraction of sp³-hybridized carbons (Fsp3) is 0.500. The van der Waals surface area contributed by atoms with Crippen LogP contribution in [-0.4, -0.2) is 25.8 Å². The second-order valence-electron chi connectivity index (χ2n) is 4.40. The predicted octanol–water partition coefficient (Wildman–Crippen LogP) is 2.57. The Labute approximate surface area is 113 Å². The lowest BCUT2D eigenvalue weighted by atomic mass is 10.2. The number of hydrogen-bond donors (Lipinski definition) is 1. The Kier molecular flexibility index (Phi) is 4.48. The molecule has 1 N–H and O–H groups in total. The summed E-state index contributed by atoms with van der Waals surface area (Å²) in [5.74, 6) is 0.374. The van der Waals surface area contributed by atoms with Crippen molar-refractivity contribution in [1.29, 1.82) is 0 Å². The molecule has 0 radical (unpaired) electrons. The fourth-order valence-electron chi connectivity index (χ4n) is 2.04. The monoisotopic (exact) mass is 288 g/mol. The molecule has 0 bridgehead atoms. The molecular formula is C12H17ClN2O2S. The summed E-state index contributed by atoms with van der Waals surface area (Å²) in [6.07, 6.45) is 2.97. The molecule has 1 heterocycles. The third kappa shape index (κ3) is 3.37. The van der Waals surface area contributed by atoms with E-state index < -0.39 is 10.2 Å². The molecule has 0 aromatic heterocycles. The molecular weight excluding hydrogens is 272 g/mol. The van der Waals surface area contributed by atoms with Gasteiger partial charge in [0.25, 0.3) is 0 Å². The van der Waals surface area contributed by atoms with Gasteiger partial charge in [-0.1, -0.05) is 18.6 Å². The fourth-order valence-corrected chi connectivity index (χ4v) is 3.50. The first-order valence-corrected chi connectivity index (χ1v) is 8.02. The van der Waals surface area contributed by atoms with Crippen LogP contribution in [0.1, 0.15) is 24.8 Å². The first-order valence-electron chi connectivity index (χ1n) is 6.04. The molecule has 0 spiro atoms. The number of rotatable bonds is 4.